The number of thiazole rings is 1. The number of carbonyl (C=O) groups excluding carboxylic acids is 3. The SMILES string of the molecule is O=C(CN1C(=O)N/C(=C\c2cccs2)C1=O)Nc1nccs1. The zero-order chi connectivity index (χ0) is 15.5. The lowest BCUT2D eigenvalue weighted by molar-refractivity contribution is -0.127. The van der Waals surface area contributed by atoms with Gasteiger partial charge in [-0.25, -0.2) is 14.7 Å². The van der Waals surface area contributed by atoms with Gasteiger partial charge in [-0.05, 0) is 17.5 Å². The van der Waals surface area contributed by atoms with E-state index in [-0.39, 0.29) is 12.2 Å². The summed E-state index contributed by atoms with van der Waals surface area (Å²) in [6.45, 7) is -0.355. The van der Waals surface area contributed by atoms with Gasteiger partial charge in [0.2, 0.25) is 5.91 Å². The zero-order valence-corrected chi connectivity index (χ0v) is 12.7. The fourth-order valence-electron chi connectivity index (χ4n) is 1.82. The Balaban J connectivity index is 1.68. The first kappa shape index (κ1) is 14.4. The normalized spacial score (nSPS) is 16.2. The highest BCUT2D eigenvalue weighted by molar-refractivity contribution is 7.13. The van der Waals surface area contributed by atoms with Crippen molar-refractivity contribution in [2.45, 2.75) is 0 Å². The molecule has 1 aliphatic heterocycles. The second kappa shape index (κ2) is 6.08. The molecule has 0 spiro atoms. The first-order valence-corrected chi connectivity index (χ1v) is 7.97. The van der Waals surface area contributed by atoms with Crippen LogP contribution in [0.15, 0.2) is 34.8 Å². The number of hydrogen-bond donors (Lipinski definition) is 2. The minimum Gasteiger partial charge on any atom is -0.303 e. The molecule has 0 unspecified atom stereocenters. The topological polar surface area (TPSA) is 91.4 Å². The number of amides is 4. The van der Waals surface area contributed by atoms with E-state index < -0.39 is 17.8 Å². The Kier molecular flexibility index (Phi) is 3.98. The number of rotatable bonds is 4. The van der Waals surface area contributed by atoms with Crippen LogP contribution in [0.5, 0.6) is 0 Å². The highest BCUT2D eigenvalue weighted by atomic mass is 32.1. The van der Waals surface area contributed by atoms with Gasteiger partial charge in [-0.2, -0.15) is 0 Å². The Morgan fingerprint density at radius 2 is 2.23 bits per heavy atom. The molecule has 0 bridgehead atoms. The number of anilines is 1. The first-order valence-electron chi connectivity index (χ1n) is 6.21. The van der Waals surface area contributed by atoms with Crippen molar-refractivity contribution in [3.8, 4) is 0 Å². The maximum Gasteiger partial charge on any atom is 0.329 e. The predicted molar refractivity (Wildman–Crippen MR) is 83.3 cm³/mol. The second-order valence-corrected chi connectivity index (χ2v) is 6.15. The summed E-state index contributed by atoms with van der Waals surface area (Å²) in [6, 6.07) is 3.06. The number of urea groups is 1. The summed E-state index contributed by atoms with van der Waals surface area (Å²) in [6.07, 6.45) is 3.14. The van der Waals surface area contributed by atoms with Crippen LogP contribution in [-0.2, 0) is 9.59 Å². The van der Waals surface area contributed by atoms with Crippen molar-refractivity contribution in [3.05, 3.63) is 39.7 Å². The van der Waals surface area contributed by atoms with Crippen LogP contribution < -0.4 is 10.6 Å². The summed E-state index contributed by atoms with van der Waals surface area (Å²) in [7, 11) is 0. The molecule has 2 N–H and O–H groups in total. The highest BCUT2D eigenvalue weighted by Gasteiger charge is 2.35. The van der Waals surface area contributed by atoms with E-state index in [0.717, 1.165) is 9.78 Å². The zero-order valence-electron chi connectivity index (χ0n) is 11.1. The van der Waals surface area contributed by atoms with Crippen molar-refractivity contribution in [1.29, 1.82) is 0 Å². The van der Waals surface area contributed by atoms with Gasteiger partial charge < -0.3 is 10.6 Å². The van der Waals surface area contributed by atoms with E-state index in [0.29, 0.717) is 5.13 Å². The average Bonchev–Trinajstić information content (AvgIpc) is 3.20. The predicted octanol–water partition coefficient (Wildman–Crippen LogP) is 1.74. The van der Waals surface area contributed by atoms with Crippen LogP contribution >= 0.6 is 22.7 Å². The fourth-order valence-corrected chi connectivity index (χ4v) is 3.02. The molecule has 0 atom stereocenters. The lowest BCUT2D eigenvalue weighted by Gasteiger charge is -2.10. The molecule has 7 nitrogen and oxygen atoms in total. The van der Waals surface area contributed by atoms with Crippen molar-refractivity contribution in [3.63, 3.8) is 0 Å². The summed E-state index contributed by atoms with van der Waals surface area (Å²) >= 11 is 2.70. The maximum atomic E-state index is 12.2. The first-order chi connectivity index (χ1) is 10.6. The largest absolute Gasteiger partial charge is 0.329 e. The molecule has 0 saturated carbocycles. The third kappa shape index (κ3) is 3.05. The van der Waals surface area contributed by atoms with Crippen LogP contribution in [0.2, 0.25) is 0 Å². The lowest BCUT2D eigenvalue weighted by atomic mass is 10.3. The molecule has 1 fully saturated rings. The second-order valence-electron chi connectivity index (χ2n) is 4.28. The number of nitrogens with one attached hydrogen (secondary N) is 2. The minimum atomic E-state index is -0.609. The molecule has 0 aromatic carbocycles. The summed E-state index contributed by atoms with van der Waals surface area (Å²) < 4.78 is 0. The molecule has 1 aliphatic rings. The maximum absolute atomic E-state index is 12.2. The summed E-state index contributed by atoms with van der Waals surface area (Å²) in [5, 5.41) is 9.00. The number of nitrogens with zero attached hydrogens (tertiary/aromatic N) is 2. The Labute approximate surface area is 133 Å². The molecule has 1 saturated heterocycles. The Hall–Kier alpha value is -2.52. The van der Waals surface area contributed by atoms with E-state index in [9.17, 15) is 14.4 Å². The van der Waals surface area contributed by atoms with Crippen LogP contribution in [0.3, 0.4) is 0 Å². The van der Waals surface area contributed by atoms with E-state index >= 15 is 0 Å². The van der Waals surface area contributed by atoms with E-state index in [1.165, 1.54) is 22.7 Å². The average molecular weight is 334 g/mol. The molecule has 3 rings (SSSR count). The molecule has 2 aromatic rings. The molecule has 2 aromatic heterocycles. The standard InChI is InChI=1S/C13H10N4O3S2/c18-10(16-12-14-3-5-22-12)7-17-11(19)9(15-13(17)20)6-8-2-1-4-21-8/h1-6H,7H2,(H,15,20)(H,14,16,18)/b9-6-. The van der Waals surface area contributed by atoms with Crippen molar-refractivity contribution in [2.75, 3.05) is 11.9 Å². The quantitative estimate of drug-likeness (QED) is 0.658. The molecule has 3 heterocycles. The van der Waals surface area contributed by atoms with E-state index in [4.69, 9.17) is 0 Å². The summed E-state index contributed by atoms with van der Waals surface area (Å²) in [5.41, 5.74) is 0.162. The lowest BCUT2D eigenvalue weighted by Crippen LogP contribution is -2.38. The van der Waals surface area contributed by atoms with Gasteiger partial charge in [0.25, 0.3) is 5.91 Å². The number of hydrogen-bond acceptors (Lipinski definition) is 6. The number of imide groups is 1. The molecule has 4 amide bonds. The van der Waals surface area contributed by atoms with Crippen molar-refractivity contribution in [2.24, 2.45) is 0 Å². The number of carbonyl (C=O) groups is 3. The van der Waals surface area contributed by atoms with E-state index in [1.807, 2.05) is 17.5 Å². The van der Waals surface area contributed by atoms with Crippen LogP contribution in [0, 0.1) is 0 Å². The Morgan fingerprint density at radius 1 is 1.36 bits per heavy atom. The van der Waals surface area contributed by atoms with E-state index in [1.54, 1.807) is 17.7 Å². The monoisotopic (exact) mass is 334 g/mol. The van der Waals surface area contributed by atoms with Gasteiger partial charge in [0, 0.05) is 16.5 Å². The van der Waals surface area contributed by atoms with Crippen molar-refractivity contribution < 1.29 is 14.4 Å². The third-order valence-corrected chi connectivity index (χ3v) is 4.28. The van der Waals surface area contributed by atoms with Gasteiger partial charge in [0.1, 0.15) is 12.2 Å². The van der Waals surface area contributed by atoms with Gasteiger partial charge in [0.15, 0.2) is 5.13 Å². The van der Waals surface area contributed by atoms with Crippen molar-refractivity contribution >= 4 is 51.7 Å². The summed E-state index contributed by atoms with van der Waals surface area (Å²) in [4.78, 5) is 41.5. The van der Waals surface area contributed by atoms with Gasteiger partial charge in [0.05, 0.1) is 0 Å². The molecular formula is C13H10N4O3S2. The molecular weight excluding hydrogens is 324 g/mol. The Morgan fingerprint density at radius 3 is 2.91 bits per heavy atom. The van der Waals surface area contributed by atoms with Crippen LogP contribution in [0.1, 0.15) is 4.88 Å². The van der Waals surface area contributed by atoms with Crippen LogP contribution in [0.4, 0.5) is 9.93 Å². The molecule has 9 heteroatoms. The molecule has 0 radical (unpaired) electrons. The third-order valence-electron chi connectivity index (χ3n) is 2.77. The highest BCUT2D eigenvalue weighted by Crippen LogP contribution is 2.17. The minimum absolute atomic E-state index is 0.162. The van der Waals surface area contributed by atoms with Crippen LogP contribution in [0.25, 0.3) is 6.08 Å². The van der Waals surface area contributed by atoms with Gasteiger partial charge in [-0.1, -0.05) is 6.07 Å². The van der Waals surface area contributed by atoms with Gasteiger partial charge in [-0.15, -0.1) is 22.7 Å². The van der Waals surface area contributed by atoms with Gasteiger partial charge in [-0.3, -0.25) is 9.59 Å². The van der Waals surface area contributed by atoms with Crippen molar-refractivity contribution in [1.82, 2.24) is 15.2 Å². The molecule has 112 valence electrons. The molecule has 0 aliphatic carbocycles. The Bertz CT molecular complexity index is 737. The van der Waals surface area contributed by atoms with Crippen LogP contribution in [-0.4, -0.2) is 34.3 Å². The fraction of sp³-hybridized carbons (Fsp3) is 0.0769. The van der Waals surface area contributed by atoms with Gasteiger partial charge >= 0.3 is 6.03 Å². The van der Waals surface area contributed by atoms with E-state index in [2.05, 4.69) is 15.6 Å². The summed E-state index contributed by atoms with van der Waals surface area (Å²) in [5.74, 6) is -0.997. The number of thiophene rings is 1. The smallest absolute Gasteiger partial charge is 0.303 e. The molecule has 22 heavy (non-hydrogen) atoms. The number of aromatic nitrogens is 1.